The van der Waals surface area contributed by atoms with Crippen LogP contribution >= 0.6 is 11.6 Å². The van der Waals surface area contributed by atoms with Crippen molar-refractivity contribution in [2.45, 2.75) is 19.3 Å². The summed E-state index contributed by atoms with van der Waals surface area (Å²) in [4.78, 5) is 10.1. The zero-order valence-electron chi connectivity index (χ0n) is 4.48. The van der Waals surface area contributed by atoms with Crippen molar-refractivity contribution < 1.29 is 4.79 Å². The Hall–Kier alpha value is -0.300. The number of halogens is 1. The third kappa shape index (κ3) is 2.12. The van der Waals surface area contributed by atoms with Crippen LogP contribution in [0.15, 0.2) is 11.6 Å². The minimum absolute atomic E-state index is 0.260. The number of hydrogen-bond acceptors (Lipinski definition) is 1. The molecule has 0 aromatic carbocycles. The first kappa shape index (κ1) is 5.83. The molecule has 0 N–H and O–H groups in total. The Kier molecular flexibility index (Phi) is 1.69. The molecular weight excluding hydrogens is 124 g/mol. The first-order chi connectivity index (χ1) is 3.79. The molecule has 1 rings (SSSR count). The fourth-order valence-electron chi connectivity index (χ4n) is 0.501. The minimum Gasteiger partial charge on any atom is -0.281 e. The van der Waals surface area contributed by atoms with Crippen LogP contribution in [0.2, 0.25) is 0 Å². The average molecular weight is 131 g/mol. The lowest BCUT2D eigenvalue weighted by Crippen LogP contribution is -1.78. The van der Waals surface area contributed by atoms with Crippen molar-refractivity contribution in [2.24, 2.45) is 0 Å². The normalized spacial score (nSPS) is 15.9. The molecule has 0 atom stereocenters. The van der Waals surface area contributed by atoms with E-state index < -0.39 is 0 Å². The second kappa shape index (κ2) is 2.31. The van der Waals surface area contributed by atoms with Crippen molar-refractivity contribution in [3.8, 4) is 0 Å². The predicted molar refractivity (Wildman–Crippen MR) is 32.8 cm³/mol. The summed E-state index contributed by atoms with van der Waals surface area (Å²) >= 11 is 5.07. The van der Waals surface area contributed by atoms with Crippen molar-refractivity contribution in [1.82, 2.24) is 0 Å². The topological polar surface area (TPSA) is 17.1 Å². The van der Waals surface area contributed by atoms with E-state index in [1.54, 1.807) is 0 Å². The molecule has 8 heavy (non-hydrogen) atoms. The van der Waals surface area contributed by atoms with Crippen molar-refractivity contribution in [1.29, 1.82) is 0 Å². The van der Waals surface area contributed by atoms with Gasteiger partial charge in [-0.3, -0.25) is 4.79 Å². The molecule has 1 nitrogen and oxygen atoms in total. The van der Waals surface area contributed by atoms with Gasteiger partial charge in [-0.2, -0.15) is 0 Å². The molecule has 0 aliphatic heterocycles. The number of hydrogen-bond donors (Lipinski definition) is 0. The lowest BCUT2D eigenvalue weighted by Gasteiger charge is -1.76. The first-order valence-corrected chi connectivity index (χ1v) is 3.03. The Morgan fingerprint density at radius 3 is 2.75 bits per heavy atom. The minimum atomic E-state index is -0.260. The van der Waals surface area contributed by atoms with Crippen molar-refractivity contribution in [3.05, 3.63) is 11.6 Å². The summed E-state index contributed by atoms with van der Waals surface area (Å²) in [6.07, 6.45) is 4.67. The highest BCUT2D eigenvalue weighted by Gasteiger charge is 2.09. The molecule has 1 saturated carbocycles. The van der Waals surface area contributed by atoms with E-state index in [9.17, 15) is 4.79 Å². The lowest BCUT2D eigenvalue weighted by molar-refractivity contribution is -0.110. The van der Waals surface area contributed by atoms with Gasteiger partial charge in [-0.15, -0.1) is 0 Å². The van der Waals surface area contributed by atoms with Crippen molar-refractivity contribution >= 4 is 16.8 Å². The molecule has 44 valence electrons. The second-order valence-electron chi connectivity index (χ2n) is 1.92. The van der Waals surface area contributed by atoms with Crippen molar-refractivity contribution in [3.63, 3.8) is 0 Å². The van der Waals surface area contributed by atoms with E-state index >= 15 is 0 Å². The van der Waals surface area contributed by atoms with Crippen LogP contribution in [0.3, 0.4) is 0 Å². The van der Waals surface area contributed by atoms with E-state index in [-0.39, 0.29) is 5.24 Å². The fourth-order valence-corrected chi connectivity index (χ4v) is 0.578. The third-order valence-corrected chi connectivity index (χ3v) is 1.24. The maximum Gasteiger partial charge on any atom is 0.225 e. The van der Waals surface area contributed by atoms with Gasteiger partial charge < -0.3 is 0 Å². The zero-order chi connectivity index (χ0) is 5.98. The second-order valence-corrected chi connectivity index (χ2v) is 2.34. The van der Waals surface area contributed by atoms with Gasteiger partial charge in [0.25, 0.3) is 0 Å². The molecule has 0 saturated heterocycles. The van der Waals surface area contributed by atoms with Gasteiger partial charge in [-0.1, -0.05) is 11.6 Å². The highest BCUT2D eigenvalue weighted by molar-refractivity contribution is 6.63. The molecule has 0 bridgehead atoms. The molecule has 1 aliphatic rings. The van der Waals surface area contributed by atoms with Gasteiger partial charge in [0.05, 0.1) is 0 Å². The maximum absolute atomic E-state index is 10.1. The van der Waals surface area contributed by atoms with Crippen LogP contribution in [0, 0.1) is 0 Å². The predicted octanol–water partition coefficient (Wildman–Crippen LogP) is 1.86. The summed E-state index contributed by atoms with van der Waals surface area (Å²) in [5.74, 6) is 0. The van der Waals surface area contributed by atoms with Crippen LogP contribution in [0.4, 0.5) is 0 Å². The maximum atomic E-state index is 10.1. The van der Waals surface area contributed by atoms with E-state index in [1.165, 1.54) is 18.4 Å². The van der Waals surface area contributed by atoms with E-state index in [0.717, 1.165) is 0 Å². The van der Waals surface area contributed by atoms with Gasteiger partial charge in [0.2, 0.25) is 5.24 Å². The van der Waals surface area contributed by atoms with Crippen LogP contribution in [-0.2, 0) is 4.79 Å². The molecule has 1 aliphatic carbocycles. The molecule has 0 aromatic heterocycles. The molecule has 0 heterocycles. The summed E-state index contributed by atoms with van der Waals surface area (Å²) in [5.41, 5.74) is 1.37. The average Bonchev–Trinajstić information content (AvgIpc) is 2.41. The van der Waals surface area contributed by atoms with Gasteiger partial charge in [0, 0.05) is 6.42 Å². The lowest BCUT2D eigenvalue weighted by atomic mass is 10.4. The zero-order valence-corrected chi connectivity index (χ0v) is 5.24. The molecule has 0 amide bonds. The third-order valence-electron chi connectivity index (χ3n) is 1.09. The van der Waals surface area contributed by atoms with Crippen LogP contribution < -0.4 is 0 Å². The molecule has 0 unspecified atom stereocenters. The largest absolute Gasteiger partial charge is 0.281 e. The molecule has 1 fully saturated rings. The van der Waals surface area contributed by atoms with Gasteiger partial charge in [-0.25, -0.2) is 0 Å². The Labute approximate surface area is 53.3 Å². The fraction of sp³-hybridized carbons (Fsp3) is 0.500. The Morgan fingerprint density at radius 1 is 1.75 bits per heavy atom. The van der Waals surface area contributed by atoms with E-state index in [0.29, 0.717) is 6.42 Å². The molecule has 0 aromatic rings. The van der Waals surface area contributed by atoms with Crippen LogP contribution in [0.25, 0.3) is 0 Å². The Balaban J connectivity index is 2.21. The molecule has 0 radical (unpaired) electrons. The van der Waals surface area contributed by atoms with Gasteiger partial charge >= 0.3 is 0 Å². The summed E-state index contributed by atoms with van der Waals surface area (Å²) in [6, 6.07) is 0. The number of rotatable bonds is 2. The molecule has 0 spiro atoms. The van der Waals surface area contributed by atoms with Crippen LogP contribution in [0.5, 0.6) is 0 Å². The Morgan fingerprint density at radius 2 is 2.38 bits per heavy atom. The molecular formula is C6H7ClO. The first-order valence-electron chi connectivity index (χ1n) is 2.65. The van der Waals surface area contributed by atoms with E-state index in [4.69, 9.17) is 11.6 Å². The van der Waals surface area contributed by atoms with Gasteiger partial charge in [0.1, 0.15) is 0 Å². The van der Waals surface area contributed by atoms with Gasteiger partial charge in [-0.05, 0) is 24.4 Å². The van der Waals surface area contributed by atoms with Crippen LogP contribution in [0.1, 0.15) is 19.3 Å². The van der Waals surface area contributed by atoms with Crippen LogP contribution in [-0.4, -0.2) is 5.24 Å². The van der Waals surface area contributed by atoms with Gasteiger partial charge in [0.15, 0.2) is 0 Å². The summed E-state index contributed by atoms with van der Waals surface area (Å²) in [6.45, 7) is 0. The SMILES string of the molecule is O=C(Cl)CC=C1CC1. The smallest absolute Gasteiger partial charge is 0.225 e. The summed E-state index contributed by atoms with van der Waals surface area (Å²) in [7, 11) is 0. The van der Waals surface area contributed by atoms with E-state index in [1.807, 2.05) is 6.08 Å². The quantitative estimate of drug-likeness (QED) is 0.412. The highest BCUT2D eigenvalue weighted by Crippen LogP contribution is 2.27. The summed E-state index contributed by atoms with van der Waals surface area (Å²) in [5, 5.41) is -0.260. The standard InChI is InChI=1S/C6H7ClO/c7-6(8)4-3-5-1-2-5/h3H,1-2,4H2. The number of allylic oxidation sites excluding steroid dienone is 2. The number of carbonyl (C=O) groups is 1. The van der Waals surface area contributed by atoms with Crippen molar-refractivity contribution in [2.75, 3.05) is 0 Å². The Bertz CT molecular complexity index is 131. The highest BCUT2D eigenvalue weighted by atomic mass is 35.5. The van der Waals surface area contributed by atoms with E-state index in [2.05, 4.69) is 0 Å². The number of carbonyl (C=O) groups excluding carboxylic acids is 1. The summed E-state index contributed by atoms with van der Waals surface area (Å²) < 4.78 is 0. The monoisotopic (exact) mass is 130 g/mol. The molecule has 2 heteroatoms.